The molecule has 2 amide bonds. The Bertz CT molecular complexity index is 819. The molecular formula is C20H23N3O3S. The van der Waals surface area contributed by atoms with Crippen LogP contribution in [0.3, 0.4) is 0 Å². The zero-order valence-electron chi connectivity index (χ0n) is 15.5. The van der Waals surface area contributed by atoms with Crippen molar-refractivity contribution in [3.63, 3.8) is 0 Å². The molecule has 0 aliphatic rings. The van der Waals surface area contributed by atoms with Crippen molar-refractivity contribution < 1.29 is 14.3 Å². The summed E-state index contributed by atoms with van der Waals surface area (Å²) in [6.07, 6.45) is 0. The van der Waals surface area contributed by atoms with Crippen molar-refractivity contribution in [2.24, 2.45) is 5.92 Å². The van der Waals surface area contributed by atoms with Crippen LogP contribution in [0.5, 0.6) is 5.75 Å². The molecule has 6 nitrogen and oxygen atoms in total. The zero-order valence-corrected chi connectivity index (χ0v) is 16.4. The van der Waals surface area contributed by atoms with Gasteiger partial charge in [0.2, 0.25) is 0 Å². The summed E-state index contributed by atoms with van der Waals surface area (Å²) < 4.78 is 5.67. The van der Waals surface area contributed by atoms with Crippen LogP contribution >= 0.6 is 12.2 Å². The number of hydrazine groups is 1. The van der Waals surface area contributed by atoms with Gasteiger partial charge in [0.1, 0.15) is 5.75 Å². The maximum absolute atomic E-state index is 12.4. The Labute approximate surface area is 164 Å². The van der Waals surface area contributed by atoms with Gasteiger partial charge in [-0.3, -0.25) is 25.8 Å². The summed E-state index contributed by atoms with van der Waals surface area (Å²) in [5.74, 6) is 0.0414. The van der Waals surface area contributed by atoms with E-state index in [9.17, 15) is 9.59 Å². The predicted molar refractivity (Wildman–Crippen MR) is 109 cm³/mol. The topological polar surface area (TPSA) is 79.5 Å². The molecule has 0 saturated carbocycles. The lowest BCUT2D eigenvalue weighted by atomic mass is 10.1. The van der Waals surface area contributed by atoms with Crippen LogP contribution in [0.1, 0.15) is 40.1 Å². The highest BCUT2D eigenvalue weighted by Crippen LogP contribution is 2.18. The van der Waals surface area contributed by atoms with Crippen LogP contribution in [0.2, 0.25) is 0 Å². The summed E-state index contributed by atoms with van der Waals surface area (Å²) in [5.41, 5.74) is 6.88. The molecule has 7 heteroatoms. The van der Waals surface area contributed by atoms with Crippen LogP contribution in [0.25, 0.3) is 0 Å². The standard InChI is InChI=1S/C20H23N3O3S/c1-13(2)12-26-17-7-5-4-6-16(17)19(25)21-20(27)23-22-18(24)15-10-8-14(3)9-11-15/h4-11,13H,12H2,1-3H3,(H,22,24)(H2,21,23,25,27). The molecule has 3 N–H and O–H groups in total. The van der Waals surface area contributed by atoms with Gasteiger partial charge in [-0.1, -0.05) is 43.7 Å². The lowest BCUT2D eigenvalue weighted by molar-refractivity contribution is 0.0933. The maximum Gasteiger partial charge on any atom is 0.269 e. The molecule has 0 unspecified atom stereocenters. The van der Waals surface area contributed by atoms with Crippen molar-refractivity contribution in [2.45, 2.75) is 20.8 Å². The Morgan fingerprint density at radius 3 is 2.33 bits per heavy atom. The predicted octanol–water partition coefficient (Wildman–Crippen LogP) is 2.98. The van der Waals surface area contributed by atoms with Crippen LogP contribution in [-0.4, -0.2) is 23.5 Å². The molecule has 0 bridgehead atoms. The summed E-state index contributed by atoms with van der Waals surface area (Å²) >= 11 is 5.07. The zero-order chi connectivity index (χ0) is 19.8. The van der Waals surface area contributed by atoms with E-state index in [1.165, 1.54) is 0 Å². The van der Waals surface area contributed by atoms with Crippen molar-refractivity contribution in [1.82, 2.24) is 16.2 Å². The molecule has 2 aromatic carbocycles. The van der Waals surface area contributed by atoms with E-state index in [2.05, 4.69) is 16.2 Å². The first-order valence-corrected chi connectivity index (χ1v) is 8.98. The fourth-order valence-electron chi connectivity index (χ4n) is 2.13. The number of amides is 2. The second-order valence-corrected chi connectivity index (χ2v) is 6.84. The second kappa shape index (κ2) is 9.68. The first-order valence-electron chi connectivity index (χ1n) is 8.57. The summed E-state index contributed by atoms with van der Waals surface area (Å²) in [6, 6.07) is 14.0. The molecule has 2 rings (SSSR count). The third kappa shape index (κ3) is 6.38. The van der Waals surface area contributed by atoms with Crippen molar-refractivity contribution in [3.05, 3.63) is 65.2 Å². The van der Waals surface area contributed by atoms with E-state index in [-0.39, 0.29) is 11.0 Å². The SMILES string of the molecule is Cc1ccc(C(=O)NNC(=S)NC(=O)c2ccccc2OCC(C)C)cc1. The number of hydrogen-bond donors (Lipinski definition) is 3. The molecule has 27 heavy (non-hydrogen) atoms. The molecule has 0 spiro atoms. The van der Waals surface area contributed by atoms with Gasteiger partial charge in [0.25, 0.3) is 11.8 Å². The summed E-state index contributed by atoms with van der Waals surface area (Å²) in [5, 5.41) is 2.51. The number of ether oxygens (including phenoxy) is 1. The van der Waals surface area contributed by atoms with Gasteiger partial charge in [-0.25, -0.2) is 0 Å². The first kappa shape index (κ1) is 20.4. The molecular weight excluding hydrogens is 362 g/mol. The average molecular weight is 385 g/mol. The molecule has 0 atom stereocenters. The van der Waals surface area contributed by atoms with Crippen LogP contribution in [0.4, 0.5) is 0 Å². The highest BCUT2D eigenvalue weighted by molar-refractivity contribution is 7.80. The third-order valence-corrected chi connectivity index (χ3v) is 3.74. The monoisotopic (exact) mass is 385 g/mol. The lowest BCUT2D eigenvalue weighted by Crippen LogP contribution is -2.48. The van der Waals surface area contributed by atoms with Crippen molar-refractivity contribution >= 4 is 29.1 Å². The smallest absolute Gasteiger partial charge is 0.269 e. The third-order valence-electron chi connectivity index (χ3n) is 3.53. The van der Waals surface area contributed by atoms with Crippen LogP contribution in [-0.2, 0) is 0 Å². The van der Waals surface area contributed by atoms with Gasteiger partial charge >= 0.3 is 0 Å². The van der Waals surface area contributed by atoms with Gasteiger partial charge in [-0.05, 0) is 49.3 Å². The van der Waals surface area contributed by atoms with Gasteiger partial charge in [-0.15, -0.1) is 0 Å². The molecule has 0 saturated heterocycles. The van der Waals surface area contributed by atoms with Gasteiger partial charge < -0.3 is 4.74 Å². The number of rotatable bonds is 5. The Kier molecular flexibility index (Phi) is 7.31. The largest absolute Gasteiger partial charge is 0.492 e. The van der Waals surface area contributed by atoms with Crippen molar-refractivity contribution in [1.29, 1.82) is 0 Å². The second-order valence-electron chi connectivity index (χ2n) is 6.43. The summed E-state index contributed by atoms with van der Waals surface area (Å²) in [7, 11) is 0. The van der Waals surface area contributed by atoms with E-state index < -0.39 is 5.91 Å². The van der Waals surface area contributed by atoms with Gasteiger partial charge in [0, 0.05) is 5.56 Å². The molecule has 0 aliphatic heterocycles. The number of para-hydroxylation sites is 1. The number of carbonyl (C=O) groups excluding carboxylic acids is 2. The number of nitrogens with one attached hydrogen (secondary N) is 3. The Balaban J connectivity index is 1.91. The Morgan fingerprint density at radius 1 is 1.00 bits per heavy atom. The first-order chi connectivity index (χ1) is 12.9. The molecule has 0 aliphatic carbocycles. The number of benzene rings is 2. The van der Waals surface area contributed by atoms with Gasteiger partial charge in [0.15, 0.2) is 5.11 Å². The highest BCUT2D eigenvalue weighted by Gasteiger charge is 2.14. The van der Waals surface area contributed by atoms with Crippen molar-refractivity contribution in [3.8, 4) is 5.75 Å². The lowest BCUT2D eigenvalue weighted by Gasteiger charge is -2.14. The summed E-state index contributed by atoms with van der Waals surface area (Å²) in [4.78, 5) is 24.5. The highest BCUT2D eigenvalue weighted by atomic mass is 32.1. The molecule has 0 heterocycles. The quantitative estimate of drug-likeness (QED) is 0.545. The number of thiocarbonyl (C=S) groups is 1. The number of aryl methyl sites for hydroxylation is 1. The van der Waals surface area contributed by atoms with E-state index in [1.54, 1.807) is 36.4 Å². The van der Waals surface area contributed by atoms with E-state index in [0.29, 0.717) is 29.4 Å². The Hall–Kier alpha value is -2.93. The molecule has 0 fully saturated rings. The van der Waals surface area contributed by atoms with Crippen LogP contribution < -0.4 is 20.9 Å². The van der Waals surface area contributed by atoms with Crippen LogP contribution in [0.15, 0.2) is 48.5 Å². The van der Waals surface area contributed by atoms with E-state index in [1.807, 2.05) is 32.9 Å². The number of hydrogen-bond acceptors (Lipinski definition) is 4. The van der Waals surface area contributed by atoms with Crippen LogP contribution in [0, 0.1) is 12.8 Å². The average Bonchev–Trinajstić information content (AvgIpc) is 2.65. The minimum Gasteiger partial charge on any atom is -0.492 e. The molecule has 0 aromatic heterocycles. The minimum absolute atomic E-state index is 0.0147. The summed E-state index contributed by atoms with van der Waals surface area (Å²) in [6.45, 7) is 6.49. The molecule has 2 aromatic rings. The molecule has 142 valence electrons. The fraction of sp³-hybridized carbons (Fsp3) is 0.250. The normalized spacial score (nSPS) is 10.2. The molecule has 0 radical (unpaired) electrons. The van der Waals surface area contributed by atoms with E-state index >= 15 is 0 Å². The van der Waals surface area contributed by atoms with E-state index in [0.717, 1.165) is 5.56 Å². The number of carbonyl (C=O) groups is 2. The maximum atomic E-state index is 12.4. The van der Waals surface area contributed by atoms with Crippen molar-refractivity contribution in [2.75, 3.05) is 6.61 Å². The Morgan fingerprint density at radius 2 is 1.67 bits per heavy atom. The van der Waals surface area contributed by atoms with E-state index in [4.69, 9.17) is 17.0 Å². The van der Waals surface area contributed by atoms with Gasteiger partial charge in [0.05, 0.1) is 12.2 Å². The van der Waals surface area contributed by atoms with Gasteiger partial charge in [-0.2, -0.15) is 0 Å². The fourth-order valence-corrected chi connectivity index (χ4v) is 2.27. The minimum atomic E-state index is -0.420.